The molecule has 1 aliphatic rings. The van der Waals surface area contributed by atoms with Gasteiger partial charge in [0.25, 0.3) is 0 Å². The molecule has 2 atom stereocenters. The van der Waals surface area contributed by atoms with Crippen molar-refractivity contribution in [3.8, 4) is 11.3 Å². The van der Waals surface area contributed by atoms with E-state index >= 15 is 0 Å². The minimum absolute atomic E-state index is 0.343. The van der Waals surface area contributed by atoms with E-state index in [9.17, 15) is 0 Å². The van der Waals surface area contributed by atoms with Gasteiger partial charge in [0.2, 0.25) is 0 Å². The molecule has 0 radical (unpaired) electrons. The van der Waals surface area contributed by atoms with Gasteiger partial charge in [-0.2, -0.15) is 0 Å². The second-order valence-electron chi connectivity index (χ2n) is 5.65. The summed E-state index contributed by atoms with van der Waals surface area (Å²) >= 11 is 0. The quantitative estimate of drug-likeness (QED) is 0.932. The second-order valence-corrected chi connectivity index (χ2v) is 5.65. The molecular formula is C16H21N3O. The zero-order valence-electron chi connectivity index (χ0n) is 11.8. The molecular weight excluding hydrogens is 250 g/mol. The van der Waals surface area contributed by atoms with E-state index in [4.69, 9.17) is 10.3 Å². The van der Waals surface area contributed by atoms with Crippen LogP contribution in [0.15, 0.2) is 40.9 Å². The van der Waals surface area contributed by atoms with Crippen LogP contribution < -0.4 is 5.73 Å². The summed E-state index contributed by atoms with van der Waals surface area (Å²) in [5, 5.41) is 4.17. The molecule has 2 N–H and O–H groups in total. The molecule has 0 amide bonds. The molecule has 1 aromatic heterocycles. The fraction of sp³-hybridized carbons (Fsp3) is 0.438. The lowest BCUT2D eigenvalue weighted by molar-refractivity contribution is 0.126. The molecule has 0 spiro atoms. The topological polar surface area (TPSA) is 55.3 Å². The lowest BCUT2D eigenvalue weighted by atomic mass is 9.99. The molecule has 1 aliphatic heterocycles. The third-order valence-corrected chi connectivity index (χ3v) is 4.04. The molecule has 2 heterocycles. The maximum atomic E-state index is 6.00. The van der Waals surface area contributed by atoms with Crippen LogP contribution >= 0.6 is 0 Å². The number of aromatic nitrogens is 1. The lowest BCUT2D eigenvalue weighted by Gasteiger charge is -2.35. The van der Waals surface area contributed by atoms with Crippen molar-refractivity contribution in [2.45, 2.75) is 38.4 Å². The summed E-state index contributed by atoms with van der Waals surface area (Å²) in [6.07, 6.45) is 2.11. The third kappa shape index (κ3) is 2.92. The first-order valence-corrected chi connectivity index (χ1v) is 7.23. The van der Waals surface area contributed by atoms with Crippen molar-refractivity contribution in [3.63, 3.8) is 0 Å². The smallest absolute Gasteiger partial charge is 0.151 e. The molecule has 0 bridgehead atoms. The first-order valence-electron chi connectivity index (χ1n) is 7.23. The SMILES string of the molecule is CC1CC(N)CCN1Cc1cc(-c2ccccc2)no1. The molecule has 20 heavy (non-hydrogen) atoms. The van der Waals surface area contributed by atoms with Crippen LogP contribution in [0.4, 0.5) is 0 Å². The Morgan fingerprint density at radius 1 is 1.35 bits per heavy atom. The van der Waals surface area contributed by atoms with Crippen molar-refractivity contribution in [1.29, 1.82) is 0 Å². The first-order chi connectivity index (χ1) is 9.72. The monoisotopic (exact) mass is 271 g/mol. The highest BCUT2D eigenvalue weighted by Gasteiger charge is 2.24. The lowest BCUT2D eigenvalue weighted by Crippen LogP contribution is -2.44. The highest BCUT2D eigenvalue weighted by Crippen LogP contribution is 2.22. The highest BCUT2D eigenvalue weighted by atomic mass is 16.5. The largest absolute Gasteiger partial charge is 0.359 e. The van der Waals surface area contributed by atoms with Crippen molar-refractivity contribution < 1.29 is 4.52 Å². The average Bonchev–Trinajstić information content (AvgIpc) is 2.92. The fourth-order valence-electron chi connectivity index (χ4n) is 2.82. The van der Waals surface area contributed by atoms with Crippen LogP contribution in [0.2, 0.25) is 0 Å². The van der Waals surface area contributed by atoms with Gasteiger partial charge in [0.15, 0.2) is 5.76 Å². The normalized spacial score (nSPS) is 23.9. The Balaban J connectivity index is 1.69. The van der Waals surface area contributed by atoms with Crippen LogP contribution in [0.3, 0.4) is 0 Å². The van der Waals surface area contributed by atoms with E-state index in [2.05, 4.69) is 17.0 Å². The molecule has 106 valence electrons. The molecule has 1 fully saturated rings. The van der Waals surface area contributed by atoms with E-state index in [-0.39, 0.29) is 0 Å². The van der Waals surface area contributed by atoms with Crippen LogP contribution in [0, 0.1) is 0 Å². The number of nitrogens with two attached hydrogens (primary N) is 1. The molecule has 0 aliphatic carbocycles. The van der Waals surface area contributed by atoms with Gasteiger partial charge in [-0.25, -0.2) is 0 Å². The molecule has 1 saturated heterocycles. The summed E-state index contributed by atoms with van der Waals surface area (Å²) in [4.78, 5) is 2.42. The Bertz CT molecular complexity index is 552. The van der Waals surface area contributed by atoms with Gasteiger partial charge in [-0.1, -0.05) is 35.5 Å². The number of rotatable bonds is 3. The van der Waals surface area contributed by atoms with Gasteiger partial charge in [0.05, 0.1) is 6.54 Å². The molecule has 0 saturated carbocycles. The standard InChI is InChI=1S/C16H21N3O/c1-12-9-14(17)7-8-19(12)11-15-10-16(18-20-15)13-5-3-2-4-6-13/h2-6,10,12,14H,7-9,11,17H2,1H3. The molecule has 3 rings (SSSR count). The number of nitrogens with zero attached hydrogens (tertiary/aromatic N) is 2. The predicted molar refractivity (Wildman–Crippen MR) is 79.0 cm³/mol. The molecule has 1 aromatic carbocycles. The van der Waals surface area contributed by atoms with E-state index in [0.717, 1.165) is 42.9 Å². The summed E-state index contributed by atoms with van der Waals surface area (Å²) in [6.45, 7) is 4.07. The number of hydrogen-bond donors (Lipinski definition) is 1. The van der Waals surface area contributed by atoms with Crippen LogP contribution in [-0.2, 0) is 6.54 Å². The maximum absolute atomic E-state index is 6.00. The number of benzene rings is 1. The molecule has 4 nitrogen and oxygen atoms in total. The van der Waals surface area contributed by atoms with Gasteiger partial charge in [-0.15, -0.1) is 0 Å². The Labute approximate surface area is 119 Å². The second kappa shape index (κ2) is 5.77. The van der Waals surface area contributed by atoms with Crippen LogP contribution in [0.1, 0.15) is 25.5 Å². The summed E-state index contributed by atoms with van der Waals surface area (Å²) in [5.41, 5.74) is 8.00. The van der Waals surface area contributed by atoms with Crippen LogP contribution in [-0.4, -0.2) is 28.7 Å². The van der Waals surface area contributed by atoms with E-state index in [1.807, 2.05) is 36.4 Å². The minimum Gasteiger partial charge on any atom is -0.359 e. The van der Waals surface area contributed by atoms with Crippen molar-refractivity contribution in [3.05, 3.63) is 42.2 Å². The summed E-state index contributed by atoms with van der Waals surface area (Å²) < 4.78 is 5.47. The Morgan fingerprint density at radius 2 is 2.15 bits per heavy atom. The summed E-state index contributed by atoms with van der Waals surface area (Å²) in [5.74, 6) is 0.922. The zero-order valence-corrected chi connectivity index (χ0v) is 11.8. The maximum Gasteiger partial charge on any atom is 0.151 e. The van der Waals surface area contributed by atoms with E-state index in [1.54, 1.807) is 0 Å². The number of hydrogen-bond acceptors (Lipinski definition) is 4. The van der Waals surface area contributed by atoms with E-state index in [0.29, 0.717) is 12.1 Å². The fourth-order valence-corrected chi connectivity index (χ4v) is 2.82. The van der Waals surface area contributed by atoms with Gasteiger partial charge in [-0.05, 0) is 19.8 Å². The van der Waals surface area contributed by atoms with Gasteiger partial charge in [-0.3, -0.25) is 4.90 Å². The molecule has 2 unspecified atom stereocenters. The Kier molecular flexibility index (Phi) is 3.85. The van der Waals surface area contributed by atoms with Crippen LogP contribution in [0.25, 0.3) is 11.3 Å². The van der Waals surface area contributed by atoms with Gasteiger partial charge in [0, 0.05) is 30.3 Å². The van der Waals surface area contributed by atoms with Crippen molar-refractivity contribution >= 4 is 0 Å². The van der Waals surface area contributed by atoms with Gasteiger partial charge in [0.1, 0.15) is 5.69 Å². The van der Waals surface area contributed by atoms with Crippen LogP contribution in [0.5, 0.6) is 0 Å². The van der Waals surface area contributed by atoms with E-state index in [1.165, 1.54) is 0 Å². The predicted octanol–water partition coefficient (Wildman–Crippen LogP) is 2.65. The number of piperidine rings is 1. The minimum atomic E-state index is 0.343. The third-order valence-electron chi connectivity index (χ3n) is 4.04. The number of likely N-dealkylation sites (tertiary alicyclic amines) is 1. The Morgan fingerprint density at radius 3 is 2.90 bits per heavy atom. The zero-order chi connectivity index (χ0) is 13.9. The van der Waals surface area contributed by atoms with E-state index < -0.39 is 0 Å². The summed E-state index contributed by atoms with van der Waals surface area (Å²) in [7, 11) is 0. The van der Waals surface area contributed by atoms with Crippen molar-refractivity contribution in [2.24, 2.45) is 5.73 Å². The average molecular weight is 271 g/mol. The van der Waals surface area contributed by atoms with Gasteiger partial charge >= 0.3 is 0 Å². The molecule has 4 heteroatoms. The highest BCUT2D eigenvalue weighted by molar-refractivity contribution is 5.58. The van der Waals surface area contributed by atoms with Gasteiger partial charge < -0.3 is 10.3 Å². The Hall–Kier alpha value is -1.65. The summed E-state index contributed by atoms with van der Waals surface area (Å²) in [6, 6.07) is 13.0. The van der Waals surface area contributed by atoms with Crippen molar-refractivity contribution in [2.75, 3.05) is 6.54 Å². The molecule has 2 aromatic rings. The first kappa shape index (κ1) is 13.3. The van der Waals surface area contributed by atoms with Crippen molar-refractivity contribution in [1.82, 2.24) is 10.1 Å².